The van der Waals surface area contributed by atoms with E-state index in [0.717, 1.165) is 17.9 Å². The maximum atomic E-state index is 4.42. The molecule has 1 saturated carbocycles. The van der Waals surface area contributed by atoms with Gasteiger partial charge in [0.05, 0.1) is 5.54 Å². The number of aromatic nitrogens is 2. The zero-order valence-electron chi connectivity index (χ0n) is 12.0. The van der Waals surface area contributed by atoms with Crippen molar-refractivity contribution in [3.8, 4) is 0 Å². The molecule has 3 unspecified atom stereocenters. The number of rotatable bonds is 4. The van der Waals surface area contributed by atoms with Gasteiger partial charge in [-0.05, 0) is 65.0 Å². The average molecular weight is 247 g/mol. The minimum absolute atomic E-state index is 0.154. The molecule has 100 valence electrons. The summed E-state index contributed by atoms with van der Waals surface area (Å²) < 4.78 is 2.13. The highest BCUT2D eigenvalue weighted by atomic mass is 15.3. The van der Waals surface area contributed by atoms with E-state index in [1.807, 2.05) is 12.3 Å². The van der Waals surface area contributed by atoms with Crippen molar-refractivity contribution in [2.45, 2.75) is 58.2 Å². The van der Waals surface area contributed by atoms with E-state index in [-0.39, 0.29) is 5.54 Å². The van der Waals surface area contributed by atoms with Gasteiger partial charge in [-0.3, -0.25) is 9.58 Å². The monoisotopic (exact) mass is 247 g/mol. The van der Waals surface area contributed by atoms with Crippen LogP contribution in [0.4, 0.5) is 0 Å². The third-order valence-electron chi connectivity index (χ3n) is 4.91. The predicted molar refractivity (Wildman–Crippen MR) is 73.4 cm³/mol. The first-order valence-corrected chi connectivity index (χ1v) is 7.26. The summed E-state index contributed by atoms with van der Waals surface area (Å²) in [6.45, 7) is 10.6. The van der Waals surface area contributed by atoms with Crippen LogP contribution < -0.4 is 0 Å². The fraction of sp³-hybridized carbons (Fsp3) is 0.800. The van der Waals surface area contributed by atoms with Crippen molar-refractivity contribution in [2.24, 2.45) is 11.8 Å². The van der Waals surface area contributed by atoms with Crippen molar-refractivity contribution in [3.05, 3.63) is 18.5 Å². The first kappa shape index (κ1) is 12.2. The largest absolute Gasteiger partial charge is 0.297 e. The summed E-state index contributed by atoms with van der Waals surface area (Å²) in [6, 6.07) is 3.59. The molecule has 0 spiro atoms. The summed E-state index contributed by atoms with van der Waals surface area (Å²) in [5, 5.41) is 4.42. The van der Waals surface area contributed by atoms with Gasteiger partial charge in [0.1, 0.15) is 0 Å². The van der Waals surface area contributed by atoms with Crippen LogP contribution in [0.25, 0.3) is 0 Å². The van der Waals surface area contributed by atoms with Gasteiger partial charge in [-0.25, -0.2) is 0 Å². The Morgan fingerprint density at radius 3 is 2.78 bits per heavy atom. The molecule has 0 bridgehead atoms. The van der Waals surface area contributed by atoms with Crippen LogP contribution in [-0.4, -0.2) is 33.3 Å². The van der Waals surface area contributed by atoms with Gasteiger partial charge >= 0.3 is 0 Å². The molecule has 0 N–H and O–H groups in total. The topological polar surface area (TPSA) is 21.1 Å². The zero-order chi connectivity index (χ0) is 12.9. The quantitative estimate of drug-likeness (QED) is 0.815. The molecule has 3 rings (SSSR count). The predicted octanol–water partition coefficient (Wildman–Crippen LogP) is 2.74. The third kappa shape index (κ3) is 1.89. The Bertz CT molecular complexity index is 407. The van der Waals surface area contributed by atoms with Gasteiger partial charge in [0.25, 0.3) is 0 Å². The summed E-state index contributed by atoms with van der Waals surface area (Å²) in [4.78, 5) is 2.70. The lowest BCUT2D eigenvalue weighted by Gasteiger charge is -2.29. The highest BCUT2D eigenvalue weighted by molar-refractivity contribution is 5.11. The second-order valence-corrected chi connectivity index (χ2v) is 6.91. The number of hydrogen-bond acceptors (Lipinski definition) is 2. The lowest BCUT2D eigenvalue weighted by molar-refractivity contribution is 0.197. The molecule has 1 aliphatic carbocycles. The number of nitrogens with zero attached hydrogens (tertiary/aromatic N) is 3. The van der Waals surface area contributed by atoms with Crippen molar-refractivity contribution in [3.63, 3.8) is 0 Å². The first-order chi connectivity index (χ1) is 8.50. The van der Waals surface area contributed by atoms with E-state index in [1.54, 1.807) is 0 Å². The van der Waals surface area contributed by atoms with Crippen molar-refractivity contribution < 1.29 is 0 Å². The third-order valence-corrected chi connectivity index (χ3v) is 4.91. The standard InChI is InChI=1S/C15H25N3/c1-11(2)17-9-6-12-13(14(12)17)10-15(3,4)18-8-5-7-16-18/h5,7-8,11-14H,6,9-10H2,1-4H3. The summed E-state index contributed by atoms with van der Waals surface area (Å²) in [5.74, 6) is 1.85. The number of fused-ring (bicyclic) bond motifs is 1. The van der Waals surface area contributed by atoms with Gasteiger partial charge in [-0.15, -0.1) is 0 Å². The molecule has 2 aliphatic rings. The second-order valence-electron chi connectivity index (χ2n) is 6.91. The van der Waals surface area contributed by atoms with Crippen molar-refractivity contribution in [2.75, 3.05) is 6.54 Å². The van der Waals surface area contributed by atoms with Gasteiger partial charge < -0.3 is 0 Å². The van der Waals surface area contributed by atoms with E-state index >= 15 is 0 Å². The number of piperidine rings is 1. The van der Waals surface area contributed by atoms with Crippen LogP contribution in [0, 0.1) is 11.8 Å². The second kappa shape index (κ2) is 4.09. The Kier molecular flexibility index (Phi) is 2.77. The molecule has 2 heterocycles. The van der Waals surface area contributed by atoms with E-state index in [4.69, 9.17) is 0 Å². The van der Waals surface area contributed by atoms with Crippen LogP contribution in [0.1, 0.15) is 40.5 Å². The molecule has 0 aromatic carbocycles. The molecular weight excluding hydrogens is 222 g/mol. The van der Waals surface area contributed by atoms with E-state index in [9.17, 15) is 0 Å². The Balaban J connectivity index is 1.66. The molecule has 0 radical (unpaired) electrons. The van der Waals surface area contributed by atoms with Crippen LogP contribution in [0.15, 0.2) is 18.5 Å². The van der Waals surface area contributed by atoms with Crippen LogP contribution in [0.3, 0.4) is 0 Å². The fourth-order valence-electron chi connectivity index (χ4n) is 3.92. The maximum absolute atomic E-state index is 4.42. The number of hydrogen-bond donors (Lipinski definition) is 0. The molecule has 3 nitrogen and oxygen atoms in total. The van der Waals surface area contributed by atoms with Crippen molar-refractivity contribution in [1.82, 2.24) is 14.7 Å². The van der Waals surface area contributed by atoms with Gasteiger partial charge in [-0.1, -0.05) is 0 Å². The molecule has 1 aromatic rings. The summed E-state index contributed by atoms with van der Waals surface area (Å²) >= 11 is 0. The van der Waals surface area contributed by atoms with E-state index in [0.29, 0.717) is 6.04 Å². The SMILES string of the molecule is CC(C)N1CCC2C(CC(C)(C)n3cccn3)C21. The number of likely N-dealkylation sites (tertiary alicyclic amines) is 1. The molecule has 0 amide bonds. The van der Waals surface area contributed by atoms with Crippen LogP contribution in [0.2, 0.25) is 0 Å². The van der Waals surface area contributed by atoms with Gasteiger partial charge in [0.15, 0.2) is 0 Å². The van der Waals surface area contributed by atoms with Gasteiger partial charge in [0.2, 0.25) is 0 Å². The average Bonchev–Trinajstić information content (AvgIpc) is 2.83. The summed E-state index contributed by atoms with van der Waals surface area (Å²) in [6.07, 6.45) is 6.64. The summed E-state index contributed by atoms with van der Waals surface area (Å²) in [7, 11) is 0. The van der Waals surface area contributed by atoms with Crippen LogP contribution >= 0.6 is 0 Å². The van der Waals surface area contributed by atoms with Crippen LogP contribution in [-0.2, 0) is 5.54 Å². The Hall–Kier alpha value is -0.830. The molecule has 3 heteroatoms. The lowest BCUT2D eigenvalue weighted by atomic mass is 9.95. The van der Waals surface area contributed by atoms with Crippen LogP contribution in [0.5, 0.6) is 0 Å². The minimum Gasteiger partial charge on any atom is -0.297 e. The normalized spacial score (nSPS) is 31.9. The Morgan fingerprint density at radius 2 is 2.17 bits per heavy atom. The summed E-state index contributed by atoms with van der Waals surface area (Å²) in [5.41, 5.74) is 0.154. The maximum Gasteiger partial charge on any atom is 0.0574 e. The van der Waals surface area contributed by atoms with Crippen molar-refractivity contribution in [1.29, 1.82) is 0 Å². The van der Waals surface area contributed by atoms with E-state index in [1.165, 1.54) is 19.4 Å². The lowest BCUT2D eigenvalue weighted by Crippen LogP contribution is -2.34. The van der Waals surface area contributed by atoms with E-state index < -0.39 is 0 Å². The Labute approximate surface area is 110 Å². The molecule has 18 heavy (non-hydrogen) atoms. The Morgan fingerprint density at radius 1 is 1.39 bits per heavy atom. The minimum atomic E-state index is 0.154. The van der Waals surface area contributed by atoms with Gasteiger partial charge in [-0.2, -0.15) is 5.10 Å². The molecule has 3 atom stereocenters. The molecule has 1 aromatic heterocycles. The van der Waals surface area contributed by atoms with Crippen molar-refractivity contribution >= 4 is 0 Å². The highest BCUT2D eigenvalue weighted by Crippen LogP contribution is 2.55. The zero-order valence-corrected chi connectivity index (χ0v) is 12.0. The first-order valence-electron chi connectivity index (χ1n) is 7.26. The molecule has 1 saturated heterocycles. The smallest absolute Gasteiger partial charge is 0.0574 e. The molecule has 1 aliphatic heterocycles. The van der Waals surface area contributed by atoms with Gasteiger partial charge in [0, 0.05) is 24.5 Å². The molecular formula is C15H25N3. The molecule has 2 fully saturated rings. The highest BCUT2D eigenvalue weighted by Gasteiger charge is 2.58. The van der Waals surface area contributed by atoms with E-state index in [2.05, 4.69) is 48.6 Å². The fourth-order valence-corrected chi connectivity index (χ4v) is 3.92.